The van der Waals surface area contributed by atoms with Crippen LogP contribution in [0.25, 0.3) is 0 Å². The van der Waals surface area contributed by atoms with Gasteiger partial charge in [-0.3, -0.25) is 9.59 Å². The highest BCUT2D eigenvalue weighted by atomic mass is 16.5. The lowest BCUT2D eigenvalue weighted by atomic mass is 9.94. The molecular formula is C19H29N5O3. The minimum atomic E-state index is -0.0560. The number of amides is 2. The molecule has 1 unspecified atom stereocenters. The van der Waals surface area contributed by atoms with Gasteiger partial charge in [0.15, 0.2) is 5.82 Å². The Morgan fingerprint density at radius 2 is 1.81 bits per heavy atom. The highest BCUT2D eigenvalue weighted by molar-refractivity contribution is 5.80. The zero-order chi connectivity index (χ0) is 19.4. The first-order chi connectivity index (χ1) is 12.9. The lowest BCUT2D eigenvalue weighted by Crippen LogP contribution is -2.49. The van der Waals surface area contributed by atoms with Gasteiger partial charge in [-0.05, 0) is 31.7 Å². The molecule has 1 aromatic rings. The van der Waals surface area contributed by atoms with E-state index in [9.17, 15) is 9.59 Å². The number of hydrogen-bond donors (Lipinski definition) is 0. The average molecular weight is 375 g/mol. The molecule has 2 saturated heterocycles. The molecular weight excluding hydrogens is 346 g/mol. The van der Waals surface area contributed by atoms with Gasteiger partial charge in [0.1, 0.15) is 6.10 Å². The van der Waals surface area contributed by atoms with E-state index in [0.717, 1.165) is 38.0 Å². The minimum absolute atomic E-state index is 0.0125. The summed E-state index contributed by atoms with van der Waals surface area (Å²) in [5, 5.41) is 8.25. The second-order valence-corrected chi connectivity index (χ2v) is 7.57. The Kier molecular flexibility index (Phi) is 6.13. The summed E-state index contributed by atoms with van der Waals surface area (Å²) in [7, 11) is 3.83. The molecule has 2 amide bonds. The predicted octanol–water partition coefficient (Wildman–Crippen LogP) is 1.17. The molecule has 2 aliphatic heterocycles. The van der Waals surface area contributed by atoms with Gasteiger partial charge in [0.25, 0.3) is 0 Å². The van der Waals surface area contributed by atoms with Gasteiger partial charge < -0.3 is 19.4 Å². The number of likely N-dealkylation sites (tertiary alicyclic amines) is 2. The van der Waals surface area contributed by atoms with Crippen molar-refractivity contribution in [3.63, 3.8) is 0 Å². The minimum Gasteiger partial charge on any atom is -0.471 e. The van der Waals surface area contributed by atoms with Crippen LogP contribution < -0.4 is 9.64 Å². The number of carbonyl (C=O) groups excluding carboxylic acids is 2. The Hall–Kier alpha value is -2.38. The molecule has 3 heterocycles. The van der Waals surface area contributed by atoms with Gasteiger partial charge in [-0.2, -0.15) is 0 Å². The van der Waals surface area contributed by atoms with Gasteiger partial charge in [-0.25, -0.2) is 0 Å². The third-order valence-electron chi connectivity index (χ3n) is 5.35. The first-order valence-corrected chi connectivity index (χ1v) is 9.66. The van der Waals surface area contributed by atoms with Gasteiger partial charge in [-0.1, -0.05) is 0 Å². The Balaban J connectivity index is 1.53. The van der Waals surface area contributed by atoms with Gasteiger partial charge >= 0.3 is 0 Å². The van der Waals surface area contributed by atoms with E-state index >= 15 is 0 Å². The lowest BCUT2D eigenvalue weighted by Gasteiger charge is -2.37. The zero-order valence-electron chi connectivity index (χ0n) is 16.4. The van der Waals surface area contributed by atoms with Crippen LogP contribution in [0.2, 0.25) is 0 Å². The summed E-state index contributed by atoms with van der Waals surface area (Å²) < 4.78 is 5.97. The fraction of sp³-hybridized carbons (Fsp3) is 0.684. The second-order valence-electron chi connectivity index (χ2n) is 7.57. The molecule has 2 aliphatic rings. The Labute approximate surface area is 160 Å². The Bertz CT molecular complexity index is 656. The fourth-order valence-electron chi connectivity index (χ4n) is 3.72. The van der Waals surface area contributed by atoms with Crippen LogP contribution in [0.4, 0.5) is 5.82 Å². The van der Waals surface area contributed by atoms with Crippen LogP contribution in [0.15, 0.2) is 12.1 Å². The highest BCUT2D eigenvalue weighted by Crippen LogP contribution is 2.23. The third-order valence-corrected chi connectivity index (χ3v) is 5.35. The molecule has 8 heteroatoms. The van der Waals surface area contributed by atoms with Crippen molar-refractivity contribution < 1.29 is 14.3 Å². The average Bonchev–Trinajstić information content (AvgIpc) is 2.68. The number of piperidine rings is 2. The first-order valence-electron chi connectivity index (χ1n) is 9.66. The van der Waals surface area contributed by atoms with Gasteiger partial charge in [0, 0.05) is 52.6 Å². The summed E-state index contributed by atoms with van der Waals surface area (Å²) in [6.07, 6.45) is 3.27. The van der Waals surface area contributed by atoms with Gasteiger partial charge in [0.2, 0.25) is 17.7 Å². The van der Waals surface area contributed by atoms with Crippen LogP contribution >= 0.6 is 0 Å². The van der Waals surface area contributed by atoms with Crippen molar-refractivity contribution in [1.29, 1.82) is 0 Å². The Morgan fingerprint density at radius 3 is 2.41 bits per heavy atom. The van der Waals surface area contributed by atoms with Crippen LogP contribution in [-0.2, 0) is 9.59 Å². The van der Waals surface area contributed by atoms with E-state index in [0.29, 0.717) is 25.5 Å². The number of aromatic nitrogens is 2. The van der Waals surface area contributed by atoms with Crippen molar-refractivity contribution in [3.8, 4) is 5.88 Å². The van der Waals surface area contributed by atoms with Crippen LogP contribution in [0, 0.1) is 5.92 Å². The van der Waals surface area contributed by atoms with E-state index in [1.807, 2.05) is 40.9 Å². The maximum absolute atomic E-state index is 12.9. The number of anilines is 1. The van der Waals surface area contributed by atoms with Crippen molar-refractivity contribution in [1.82, 2.24) is 20.0 Å². The van der Waals surface area contributed by atoms with E-state index in [-0.39, 0.29) is 23.8 Å². The second kappa shape index (κ2) is 8.54. The standard InChI is InChI=1S/C19H29N5O3/c1-14(25)23-11-8-15(9-12-23)19(26)24-10-4-5-16(13-24)27-18-7-6-17(20-21-18)22(2)3/h6-7,15-16H,4-5,8-13H2,1-3H3. The van der Waals surface area contributed by atoms with Crippen molar-refractivity contribution in [2.24, 2.45) is 5.92 Å². The van der Waals surface area contributed by atoms with E-state index in [1.54, 1.807) is 6.92 Å². The Morgan fingerprint density at radius 1 is 1.07 bits per heavy atom. The molecule has 0 aromatic carbocycles. The molecule has 8 nitrogen and oxygen atoms in total. The van der Waals surface area contributed by atoms with Crippen LogP contribution in [0.1, 0.15) is 32.6 Å². The maximum Gasteiger partial charge on any atom is 0.233 e. The van der Waals surface area contributed by atoms with Crippen LogP contribution in [-0.4, -0.2) is 78.2 Å². The summed E-state index contributed by atoms with van der Waals surface area (Å²) in [5.74, 6) is 1.57. The molecule has 1 atom stereocenters. The fourth-order valence-corrected chi connectivity index (χ4v) is 3.72. The molecule has 0 N–H and O–H groups in total. The summed E-state index contributed by atoms with van der Waals surface area (Å²) in [4.78, 5) is 30.0. The smallest absolute Gasteiger partial charge is 0.233 e. The van der Waals surface area contributed by atoms with Gasteiger partial charge in [-0.15, -0.1) is 10.2 Å². The number of carbonyl (C=O) groups is 2. The summed E-state index contributed by atoms with van der Waals surface area (Å²) in [6, 6.07) is 3.69. The predicted molar refractivity (Wildman–Crippen MR) is 102 cm³/mol. The van der Waals surface area contributed by atoms with E-state index < -0.39 is 0 Å². The third kappa shape index (κ3) is 4.87. The molecule has 0 spiro atoms. The molecule has 0 saturated carbocycles. The quantitative estimate of drug-likeness (QED) is 0.786. The van der Waals surface area contributed by atoms with E-state index in [4.69, 9.17) is 4.74 Å². The summed E-state index contributed by atoms with van der Waals surface area (Å²) >= 11 is 0. The molecule has 1 aromatic heterocycles. The van der Waals surface area contributed by atoms with Crippen molar-refractivity contribution in [2.75, 3.05) is 45.2 Å². The largest absolute Gasteiger partial charge is 0.471 e. The van der Waals surface area contributed by atoms with Crippen LogP contribution in [0.5, 0.6) is 5.88 Å². The monoisotopic (exact) mass is 375 g/mol. The van der Waals surface area contributed by atoms with Crippen molar-refractivity contribution >= 4 is 17.6 Å². The van der Waals surface area contributed by atoms with Crippen molar-refractivity contribution in [3.05, 3.63) is 12.1 Å². The molecule has 0 aliphatic carbocycles. The first kappa shape index (κ1) is 19.4. The zero-order valence-corrected chi connectivity index (χ0v) is 16.4. The highest BCUT2D eigenvalue weighted by Gasteiger charge is 2.32. The van der Waals surface area contributed by atoms with Gasteiger partial charge in [0.05, 0.1) is 6.54 Å². The molecule has 27 heavy (non-hydrogen) atoms. The number of rotatable bonds is 4. The molecule has 0 radical (unpaired) electrons. The lowest BCUT2D eigenvalue weighted by molar-refractivity contribution is -0.142. The topological polar surface area (TPSA) is 78.9 Å². The van der Waals surface area contributed by atoms with Crippen molar-refractivity contribution in [2.45, 2.75) is 38.7 Å². The summed E-state index contributed by atoms with van der Waals surface area (Å²) in [6.45, 7) is 4.29. The summed E-state index contributed by atoms with van der Waals surface area (Å²) in [5.41, 5.74) is 0. The number of ether oxygens (including phenoxy) is 1. The number of nitrogens with zero attached hydrogens (tertiary/aromatic N) is 5. The number of hydrogen-bond acceptors (Lipinski definition) is 6. The molecule has 2 fully saturated rings. The molecule has 148 valence electrons. The molecule has 0 bridgehead atoms. The maximum atomic E-state index is 12.9. The van der Waals surface area contributed by atoms with E-state index in [1.165, 1.54) is 0 Å². The SMILES string of the molecule is CC(=O)N1CCC(C(=O)N2CCCC(Oc3ccc(N(C)C)nn3)C2)CC1. The van der Waals surface area contributed by atoms with E-state index in [2.05, 4.69) is 10.2 Å². The van der Waals surface area contributed by atoms with Crippen LogP contribution in [0.3, 0.4) is 0 Å². The normalized spacial score (nSPS) is 21.1. The molecule has 3 rings (SSSR count).